The van der Waals surface area contributed by atoms with Crippen LogP contribution in [0, 0.1) is 6.92 Å². The standard InChI is InChI=1S/C17H24N2O3S2/c1-6-7-13-19(14-12-18-23(20)17(3,4)5)24(21,22)16-10-8-15(2)9-11-16/h7-12H,1,13-14H2,2-5H3/b18-12+. The van der Waals surface area contributed by atoms with Crippen LogP contribution in [-0.2, 0) is 21.0 Å². The Hall–Kier alpha value is -1.53. The van der Waals surface area contributed by atoms with Crippen LogP contribution >= 0.6 is 0 Å². The first-order valence-corrected chi connectivity index (χ1v) is 9.99. The third-order valence-electron chi connectivity index (χ3n) is 3.08. The summed E-state index contributed by atoms with van der Waals surface area (Å²) in [6.45, 7) is 10.9. The highest BCUT2D eigenvalue weighted by Gasteiger charge is 2.23. The second-order valence-electron chi connectivity index (χ2n) is 6.19. The Labute approximate surface area is 147 Å². The van der Waals surface area contributed by atoms with Gasteiger partial charge < -0.3 is 0 Å². The molecule has 1 atom stereocenters. The second-order valence-corrected chi connectivity index (χ2v) is 10.1. The molecular formula is C17H24N2O3S2. The Kier molecular flexibility index (Phi) is 7.29. The van der Waals surface area contributed by atoms with Gasteiger partial charge in [0.15, 0.2) is 0 Å². The summed E-state index contributed by atoms with van der Waals surface area (Å²) >= 11 is 0. The first-order valence-electron chi connectivity index (χ1n) is 7.44. The van der Waals surface area contributed by atoms with Crippen molar-refractivity contribution in [2.75, 3.05) is 13.1 Å². The summed E-state index contributed by atoms with van der Waals surface area (Å²) in [5, 5.41) is 0. The maximum absolute atomic E-state index is 12.7. The van der Waals surface area contributed by atoms with Gasteiger partial charge in [-0.15, -0.1) is 5.73 Å². The molecule has 24 heavy (non-hydrogen) atoms. The average molecular weight is 369 g/mol. The minimum Gasteiger partial charge on any atom is -0.234 e. The molecule has 0 N–H and O–H groups in total. The molecule has 0 bridgehead atoms. The van der Waals surface area contributed by atoms with Crippen LogP contribution in [0.3, 0.4) is 0 Å². The van der Waals surface area contributed by atoms with Crippen LogP contribution in [0.1, 0.15) is 26.3 Å². The van der Waals surface area contributed by atoms with Gasteiger partial charge in [-0.05, 0) is 45.9 Å². The lowest BCUT2D eigenvalue weighted by molar-refractivity contribution is 0.483. The van der Waals surface area contributed by atoms with Gasteiger partial charge in [-0.1, -0.05) is 24.3 Å². The fraction of sp³-hybridized carbons (Fsp3) is 0.412. The highest BCUT2D eigenvalue weighted by atomic mass is 32.2. The first-order chi connectivity index (χ1) is 11.1. The maximum Gasteiger partial charge on any atom is 0.243 e. The lowest BCUT2D eigenvalue weighted by Gasteiger charge is -2.19. The van der Waals surface area contributed by atoms with E-state index in [9.17, 15) is 12.6 Å². The minimum atomic E-state index is -3.68. The molecule has 1 aromatic rings. The minimum absolute atomic E-state index is 0.0240. The van der Waals surface area contributed by atoms with Crippen molar-refractivity contribution in [1.82, 2.24) is 4.31 Å². The Balaban J connectivity index is 3.04. The third-order valence-corrected chi connectivity index (χ3v) is 6.31. The average Bonchev–Trinajstić information content (AvgIpc) is 2.49. The summed E-state index contributed by atoms with van der Waals surface area (Å²) in [6, 6.07) is 6.63. The van der Waals surface area contributed by atoms with E-state index < -0.39 is 25.8 Å². The molecule has 0 heterocycles. The molecule has 0 aliphatic carbocycles. The Morgan fingerprint density at radius 1 is 1.25 bits per heavy atom. The van der Waals surface area contributed by atoms with E-state index in [1.54, 1.807) is 24.3 Å². The number of hydrogen-bond acceptors (Lipinski definition) is 3. The molecule has 0 amide bonds. The fourth-order valence-corrected chi connectivity index (χ4v) is 3.48. The van der Waals surface area contributed by atoms with Gasteiger partial charge >= 0.3 is 0 Å². The Bertz CT molecular complexity index is 754. The summed E-state index contributed by atoms with van der Waals surface area (Å²) in [5.74, 6) is 0. The van der Waals surface area contributed by atoms with Gasteiger partial charge in [-0.25, -0.2) is 12.6 Å². The highest BCUT2D eigenvalue weighted by Crippen LogP contribution is 2.16. The van der Waals surface area contributed by atoms with Gasteiger partial charge in [0, 0.05) is 12.8 Å². The molecule has 0 aromatic heterocycles. The molecule has 0 fully saturated rings. The summed E-state index contributed by atoms with van der Waals surface area (Å²) in [5.41, 5.74) is 3.55. The van der Waals surface area contributed by atoms with Crippen molar-refractivity contribution >= 4 is 27.2 Å². The van der Waals surface area contributed by atoms with Gasteiger partial charge in [0.1, 0.15) is 11.0 Å². The molecule has 0 aliphatic rings. The van der Waals surface area contributed by atoms with E-state index in [4.69, 9.17) is 0 Å². The van der Waals surface area contributed by atoms with Gasteiger partial charge in [-0.2, -0.15) is 8.70 Å². The smallest absolute Gasteiger partial charge is 0.234 e. The summed E-state index contributed by atoms with van der Waals surface area (Å²) < 4.78 is 42.1. The van der Waals surface area contributed by atoms with Crippen molar-refractivity contribution in [3.05, 3.63) is 48.2 Å². The van der Waals surface area contributed by atoms with Crippen LogP contribution in [0.4, 0.5) is 0 Å². The molecule has 7 heteroatoms. The monoisotopic (exact) mass is 368 g/mol. The number of benzene rings is 1. The molecule has 0 spiro atoms. The van der Waals surface area contributed by atoms with E-state index >= 15 is 0 Å². The first kappa shape index (κ1) is 20.5. The largest absolute Gasteiger partial charge is 0.243 e. The van der Waals surface area contributed by atoms with Crippen molar-refractivity contribution in [3.63, 3.8) is 0 Å². The molecule has 0 saturated heterocycles. The van der Waals surface area contributed by atoms with Crippen molar-refractivity contribution < 1.29 is 12.6 Å². The lowest BCUT2D eigenvalue weighted by atomic mass is 10.2. The molecule has 5 nitrogen and oxygen atoms in total. The SMILES string of the molecule is C=C=CCN(C/C=N/S(=O)C(C)(C)C)S(=O)(=O)c1ccc(C)cc1. The molecule has 0 saturated carbocycles. The van der Waals surface area contributed by atoms with E-state index in [0.29, 0.717) is 0 Å². The topological polar surface area (TPSA) is 66.8 Å². The zero-order chi connectivity index (χ0) is 18.4. The van der Waals surface area contributed by atoms with Crippen LogP contribution in [0.5, 0.6) is 0 Å². The number of hydrogen-bond donors (Lipinski definition) is 0. The summed E-state index contributed by atoms with van der Waals surface area (Å²) in [6.07, 6.45) is 2.91. The molecule has 1 unspecified atom stereocenters. The Morgan fingerprint density at radius 2 is 1.83 bits per heavy atom. The number of nitrogens with zero attached hydrogens (tertiary/aromatic N) is 2. The van der Waals surface area contributed by atoms with Crippen molar-refractivity contribution in [2.45, 2.75) is 37.3 Å². The molecule has 1 aromatic carbocycles. The molecule has 1 rings (SSSR count). The highest BCUT2D eigenvalue weighted by molar-refractivity contribution is 7.89. The van der Waals surface area contributed by atoms with Crippen LogP contribution < -0.4 is 0 Å². The van der Waals surface area contributed by atoms with Crippen LogP contribution in [-0.4, -0.2) is 41.0 Å². The lowest BCUT2D eigenvalue weighted by Crippen LogP contribution is -2.33. The number of rotatable bonds is 7. The van der Waals surface area contributed by atoms with Gasteiger partial charge in [0.05, 0.1) is 16.2 Å². The molecule has 0 aliphatic heterocycles. The van der Waals surface area contributed by atoms with Crippen LogP contribution in [0.25, 0.3) is 0 Å². The van der Waals surface area contributed by atoms with E-state index in [1.807, 2.05) is 27.7 Å². The van der Waals surface area contributed by atoms with Gasteiger partial charge in [0.25, 0.3) is 0 Å². The zero-order valence-corrected chi connectivity index (χ0v) is 16.2. The van der Waals surface area contributed by atoms with E-state index in [-0.39, 0.29) is 18.0 Å². The van der Waals surface area contributed by atoms with Crippen molar-refractivity contribution in [3.8, 4) is 0 Å². The van der Waals surface area contributed by atoms with Crippen molar-refractivity contribution in [2.24, 2.45) is 4.40 Å². The van der Waals surface area contributed by atoms with E-state index in [0.717, 1.165) is 5.56 Å². The second kappa shape index (κ2) is 8.53. The molecule has 132 valence electrons. The van der Waals surface area contributed by atoms with Gasteiger partial charge in [0.2, 0.25) is 10.0 Å². The normalized spacial score (nSPS) is 13.9. The number of aryl methyl sites for hydroxylation is 1. The fourth-order valence-electron chi connectivity index (χ4n) is 1.65. The molecule has 0 radical (unpaired) electrons. The quantitative estimate of drug-likeness (QED) is 0.549. The predicted octanol–water partition coefficient (Wildman–Crippen LogP) is 2.86. The third kappa shape index (κ3) is 5.83. The maximum atomic E-state index is 12.7. The van der Waals surface area contributed by atoms with Crippen LogP contribution in [0.2, 0.25) is 0 Å². The molecular weight excluding hydrogens is 344 g/mol. The van der Waals surface area contributed by atoms with Gasteiger partial charge in [-0.3, -0.25) is 0 Å². The van der Waals surface area contributed by atoms with Crippen molar-refractivity contribution in [1.29, 1.82) is 0 Å². The Morgan fingerprint density at radius 3 is 2.33 bits per heavy atom. The van der Waals surface area contributed by atoms with Crippen LogP contribution in [0.15, 0.2) is 51.9 Å². The zero-order valence-electron chi connectivity index (χ0n) is 14.5. The summed E-state index contributed by atoms with van der Waals surface area (Å²) in [7, 11) is -5.10. The predicted molar refractivity (Wildman–Crippen MR) is 100 cm³/mol. The van der Waals surface area contributed by atoms with E-state index in [2.05, 4.69) is 16.7 Å². The van der Waals surface area contributed by atoms with E-state index in [1.165, 1.54) is 16.6 Å². The number of sulfonamides is 1. The summed E-state index contributed by atoms with van der Waals surface area (Å²) in [4.78, 5) is 0.205.